The van der Waals surface area contributed by atoms with Crippen LogP contribution in [0.5, 0.6) is 0 Å². The number of unbranched alkanes of at least 4 members (excludes halogenated alkanes) is 7. The summed E-state index contributed by atoms with van der Waals surface area (Å²) < 4.78 is 19.2. The highest BCUT2D eigenvalue weighted by Crippen LogP contribution is 2.40. The fourth-order valence-corrected chi connectivity index (χ4v) is 1.87. The van der Waals surface area contributed by atoms with E-state index in [4.69, 9.17) is 4.89 Å². The minimum atomic E-state index is -3.97. The summed E-state index contributed by atoms with van der Waals surface area (Å²) >= 11 is 0. The van der Waals surface area contributed by atoms with Crippen LogP contribution in [0.2, 0.25) is 0 Å². The van der Waals surface area contributed by atoms with Gasteiger partial charge in [0.1, 0.15) is 0 Å². The van der Waals surface area contributed by atoms with Gasteiger partial charge in [0.25, 0.3) is 0 Å². The second-order valence-corrected chi connectivity index (χ2v) is 5.29. The summed E-state index contributed by atoms with van der Waals surface area (Å²) in [7, 11) is -3.97. The Morgan fingerprint density at radius 3 is 2.06 bits per heavy atom. The highest BCUT2D eigenvalue weighted by molar-refractivity contribution is 7.47. The third kappa shape index (κ3) is 10.6. The summed E-state index contributed by atoms with van der Waals surface area (Å²) in [5, 5.41) is 0. The van der Waals surface area contributed by atoms with Crippen molar-refractivity contribution < 1.29 is 18.6 Å². The van der Waals surface area contributed by atoms with E-state index in [2.05, 4.69) is 22.0 Å². The molecule has 1 unspecified atom stereocenters. The van der Waals surface area contributed by atoms with E-state index >= 15 is 0 Å². The predicted molar refractivity (Wildman–Crippen MR) is 63.7 cm³/mol. The molecule has 5 nitrogen and oxygen atoms in total. The van der Waals surface area contributed by atoms with E-state index in [-0.39, 0.29) is 6.61 Å². The molecule has 98 valence electrons. The molecule has 0 aromatic rings. The Hall–Kier alpha value is 0.0700. The first-order valence-corrected chi connectivity index (χ1v) is 7.47. The molecule has 6 heteroatoms. The van der Waals surface area contributed by atoms with Gasteiger partial charge >= 0.3 is 7.82 Å². The molecule has 0 fully saturated rings. The van der Waals surface area contributed by atoms with Gasteiger partial charge < -0.3 is 4.89 Å². The van der Waals surface area contributed by atoms with Crippen molar-refractivity contribution in [3.8, 4) is 0 Å². The van der Waals surface area contributed by atoms with Crippen LogP contribution < -0.4 is 5.90 Å². The molecule has 0 heterocycles. The lowest BCUT2D eigenvalue weighted by molar-refractivity contribution is 0.149. The summed E-state index contributed by atoms with van der Waals surface area (Å²) in [6.07, 6.45) is 9.30. The second-order valence-electron chi connectivity index (χ2n) is 3.88. The normalized spacial score (nSPS) is 14.9. The maximum absolute atomic E-state index is 10.8. The zero-order valence-corrected chi connectivity index (χ0v) is 11.0. The molecular formula is C10H24NO4P. The van der Waals surface area contributed by atoms with Gasteiger partial charge in [0.15, 0.2) is 0 Å². The average Bonchev–Trinajstić information content (AvgIpc) is 2.27. The molecule has 0 bridgehead atoms. The van der Waals surface area contributed by atoms with Crippen LogP contribution >= 0.6 is 7.82 Å². The minimum Gasteiger partial charge on any atom is -0.302 e. The quantitative estimate of drug-likeness (QED) is 0.336. The van der Waals surface area contributed by atoms with E-state index < -0.39 is 7.82 Å². The van der Waals surface area contributed by atoms with Crippen LogP contribution in [0, 0.1) is 0 Å². The minimum absolute atomic E-state index is 0.222. The first kappa shape index (κ1) is 16.1. The van der Waals surface area contributed by atoms with Crippen molar-refractivity contribution in [2.24, 2.45) is 5.90 Å². The number of hydrogen-bond donors (Lipinski definition) is 2. The lowest BCUT2D eigenvalue weighted by Crippen LogP contribution is -2.01. The molecule has 0 aromatic carbocycles. The van der Waals surface area contributed by atoms with Crippen molar-refractivity contribution in [1.29, 1.82) is 0 Å². The standard InChI is InChI=1S/C10H24NO4P/c1-2-3-4-5-6-7-8-9-10-14-16(12,13)15-11/h2-11H2,1H3,(H,12,13). The van der Waals surface area contributed by atoms with Gasteiger partial charge in [-0.1, -0.05) is 51.9 Å². The predicted octanol–water partition coefficient (Wildman–Crippen LogP) is 3.13. The van der Waals surface area contributed by atoms with Crippen LogP contribution in [0.1, 0.15) is 58.3 Å². The van der Waals surface area contributed by atoms with Crippen molar-refractivity contribution in [2.75, 3.05) is 6.61 Å². The Kier molecular flexibility index (Phi) is 10.3. The van der Waals surface area contributed by atoms with Crippen molar-refractivity contribution >= 4 is 7.82 Å². The van der Waals surface area contributed by atoms with Crippen molar-refractivity contribution in [1.82, 2.24) is 0 Å². The number of phosphoric acid groups is 1. The molecule has 16 heavy (non-hydrogen) atoms. The zero-order chi connectivity index (χ0) is 12.3. The molecule has 0 radical (unpaired) electrons. The number of phosphoric ester groups is 1. The van der Waals surface area contributed by atoms with E-state index in [1.54, 1.807) is 0 Å². The third-order valence-corrected chi connectivity index (χ3v) is 3.16. The summed E-state index contributed by atoms with van der Waals surface area (Å²) in [5.74, 6) is 4.58. The van der Waals surface area contributed by atoms with E-state index in [1.807, 2.05) is 0 Å². The lowest BCUT2D eigenvalue weighted by Gasteiger charge is -2.07. The maximum Gasteiger partial charge on any atom is 0.488 e. The fraction of sp³-hybridized carbons (Fsp3) is 1.00. The van der Waals surface area contributed by atoms with Crippen molar-refractivity contribution in [3.05, 3.63) is 0 Å². The molecule has 0 aliphatic carbocycles. The molecule has 0 aliphatic rings. The molecule has 0 saturated carbocycles. The fourth-order valence-electron chi connectivity index (χ4n) is 1.45. The van der Waals surface area contributed by atoms with Crippen LogP contribution in [-0.4, -0.2) is 11.5 Å². The number of hydrogen-bond acceptors (Lipinski definition) is 4. The molecule has 0 rings (SSSR count). The average molecular weight is 253 g/mol. The Morgan fingerprint density at radius 2 is 1.56 bits per heavy atom. The van der Waals surface area contributed by atoms with Crippen molar-refractivity contribution in [3.63, 3.8) is 0 Å². The summed E-state index contributed by atoms with van der Waals surface area (Å²) in [6, 6.07) is 0. The Morgan fingerprint density at radius 1 is 1.06 bits per heavy atom. The topological polar surface area (TPSA) is 81.8 Å². The highest BCUT2D eigenvalue weighted by atomic mass is 31.2. The van der Waals surface area contributed by atoms with Crippen LogP contribution in [0.15, 0.2) is 0 Å². The first-order valence-electron chi connectivity index (χ1n) is 5.98. The second kappa shape index (κ2) is 10.2. The van der Waals surface area contributed by atoms with Crippen LogP contribution in [-0.2, 0) is 13.7 Å². The van der Waals surface area contributed by atoms with E-state index in [1.165, 1.54) is 32.1 Å². The number of rotatable bonds is 11. The summed E-state index contributed by atoms with van der Waals surface area (Å²) in [5.41, 5.74) is 0. The van der Waals surface area contributed by atoms with Gasteiger partial charge in [0.2, 0.25) is 0 Å². The summed E-state index contributed by atoms with van der Waals surface area (Å²) in [4.78, 5) is 8.81. The molecule has 0 aliphatic heterocycles. The largest absolute Gasteiger partial charge is 0.488 e. The molecular weight excluding hydrogens is 229 g/mol. The van der Waals surface area contributed by atoms with Gasteiger partial charge in [0.05, 0.1) is 6.61 Å². The smallest absolute Gasteiger partial charge is 0.302 e. The van der Waals surface area contributed by atoms with Gasteiger partial charge in [-0.25, -0.2) is 15.1 Å². The monoisotopic (exact) mass is 253 g/mol. The highest BCUT2D eigenvalue weighted by Gasteiger charge is 2.18. The van der Waals surface area contributed by atoms with E-state index in [0.717, 1.165) is 19.3 Å². The Balaban J connectivity index is 3.13. The van der Waals surface area contributed by atoms with Gasteiger partial charge in [0, 0.05) is 0 Å². The van der Waals surface area contributed by atoms with Gasteiger partial charge in [-0.15, -0.1) is 0 Å². The van der Waals surface area contributed by atoms with E-state index in [0.29, 0.717) is 0 Å². The Bertz CT molecular complexity index is 201. The van der Waals surface area contributed by atoms with Gasteiger partial charge in [-0.3, -0.25) is 4.52 Å². The van der Waals surface area contributed by atoms with E-state index in [9.17, 15) is 4.57 Å². The maximum atomic E-state index is 10.8. The first-order chi connectivity index (χ1) is 7.62. The molecule has 0 saturated heterocycles. The third-order valence-electron chi connectivity index (χ3n) is 2.39. The molecule has 0 spiro atoms. The Labute approximate surface area is 97.9 Å². The zero-order valence-electron chi connectivity index (χ0n) is 10.1. The molecule has 3 N–H and O–H groups in total. The van der Waals surface area contributed by atoms with Crippen LogP contribution in [0.25, 0.3) is 0 Å². The van der Waals surface area contributed by atoms with Crippen LogP contribution in [0.3, 0.4) is 0 Å². The lowest BCUT2D eigenvalue weighted by atomic mass is 10.1. The summed E-state index contributed by atoms with van der Waals surface area (Å²) in [6.45, 7) is 2.42. The molecule has 1 atom stereocenters. The molecule has 0 aromatic heterocycles. The van der Waals surface area contributed by atoms with Crippen molar-refractivity contribution in [2.45, 2.75) is 58.3 Å². The number of nitrogens with two attached hydrogens (primary N) is 1. The van der Waals surface area contributed by atoms with Crippen LogP contribution in [0.4, 0.5) is 0 Å². The van der Waals surface area contributed by atoms with Gasteiger partial charge in [-0.2, -0.15) is 0 Å². The SMILES string of the molecule is CCCCCCCCCCOP(=O)(O)ON. The molecule has 0 amide bonds. The van der Waals surface area contributed by atoms with Gasteiger partial charge in [-0.05, 0) is 6.42 Å².